The molecule has 0 bridgehead atoms. The van der Waals surface area contributed by atoms with Gasteiger partial charge >= 0.3 is 0 Å². The van der Waals surface area contributed by atoms with Crippen molar-refractivity contribution in [3.63, 3.8) is 0 Å². The number of para-hydroxylation sites is 1. The molecular weight excluding hydrogens is 422 g/mol. The number of nitrogens with zero attached hydrogens (tertiary/aromatic N) is 1. The molecule has 5 aromatic carbocycles. The number of imide groups is 1. The summed E-state index contributed by atoms with van der Waals surface area (Å²) in [5.41, 5.74) is 6.85. The van der Waals surface area contributed by atoms with Crippen LogP contribution < -0.4 is 4.90 Å². The Hall–Kier alpha value is -4.70. The fourth-order valence-electron chi connectivity index (χ4n) is 5.74. The normalized spacial score (nSPS) is 13.9. The fourth-order valence-corrected chi connectivity index (χ4v) is 5.74. The maximum absolute atomic E-state index is 13.7. The van der Waals surface area contributed by atoms with E-state index < -0.39 is 0 Å². The van der Waals surface area contributed by atoms with Gasteiger partial charge in [0.1, 0.15) is 11.2 Å². The van der Waals surface area contributed by atoms with E-state index in [9.17, 15) is 9.59 Å². The maximum Gasteiger partial charge on any atom is 0.266 e. The van der Waals surface area contributed by atoms with Crippen LogP contribution >= 0.6 is 0 Å². The Kier molecular flexibility index (Phi) is 3.14. The summed E-state index contributed by atoms with van der Waals surface area (Å²) >= 11 is 0. The van der Waals surface area contributed by atoms with E-state index >= 15 is 0 Å². The van der Waals surface area contributed by atoms with Gasteiger partial charge in [-0.05, 0) is 51.7 Å². The zero-order valence-electron chi connectivity index (χ0n) is 17.8. The number of fused-ring (bicyclic) bond motifs is 7. The molecule has 0 unspecified atom stereocenters. The van der Waals surface area contributed by atoms with E-state index in [1.54, 1.807) is 24.3 Å². The first kappa shape index (κ1) is 17.8. The summed E-state index contributed by atoms with van der Waals surface area (Å²) in [5, 5.41) is 3.93. The molecular formula is C30H15NO3. The fraction of sp³-hybridized carbons (Fsp3) is 0. The van der Waals surface area contributed by atoms with Crippen molar-refractivity contribution in [1.29, 1.82) is 0 Å². The summed E-state index contributed by atoms with van der Waals surface area (Å²) < 4.78 is 6.27. The van der Waals surface area contributed by atoms with Crippen LogP contribution in [0.25, 0.3) is 55.0 Å². The number of carbonyl (C=O) groups is 2. The highest BCUT2D eigenvalue weighted by molar-refractivity contribution is 6.39. The second kappa shape index (κ2) is 6.00. The molecule has 0 saturated heterocycles. The van der Waals surface area contributed by atoms with Gasteiger partial charge in [-0.3, -0.25) is 9.59 Å². The molecule has 2 amide bonds. The Bertz CT molecular complexity index is 1870. The molecule has 4 heteroatoms. The second-order valence-corrected chi connectivity index (χ2v) is 8.82. The minimum absolute atomic E-state index is 0.302. The molecule has 1 aliphatic heterocycles. The smallest absolute Gasteiger partial charge is 0.266 e. The number of benzene rings is 5. The van der Waals surface area contributed by atoms with Crippen LogP contribution in [0.15, 0.2) is 95.4 Å². The van der Waals surface area contributed by atoms with Gasteiger partial charge in [-0.2, -0.15) is 0 Å². The number of amides is 2. The van der Waals surface area contributed by atoms with Crippen molar-refractivity contribution in [2.45, 2.75) is 0 Å². The third-order valence-electron chi connectivity index (χ3n) is 7.12. The SMILES string of the molecule is O=C1c2ccccc2C(=O)N1c1c2c(cc3oc4ccccc4c13)-c1cccc3cccc-2c13. The molecule has 0 N–H and O–H groups in total. The van der Waals surface area contributed by atoms with Gasteiger partial charge < -0.3 is 4.42 Å². The van der Waals surface area contributed by atoms with Crippen LogP contribution in [0.4, 0.5) is 5.69 Å². The number of anilines is 1. The number of hydrogen-bond acceptors (Lipinski definition) is 3. The first-order valence-electron chi connectivity index (χ1n) is 11.2. The van der Waals surface area contributed by atoms with Gasteiger partial charge in [0.05, 0.1) is 22.2 Å². The molecule has 158 valence electrons. The van der Waals surface area contributed by atoms with E-state index in [0.29, 0.717) is 22.4 Å². The van der Waals surface area contributed by atoms with Gasteiger partial charge in [0.15, 0.2) is 0 Å². The summed E-state index contributed by atoms with van der Waals surface area (Å²) in [4.78, 5) is 28.8. The van der Waals surface area contributed by atoms with Crippen molar-refractivity contribution in [2.24, 2.45) is 0 Å². The van der Waals surface area contributed by atoms with Crippen LogP contribution in [0, 0.1) is 0 Å². The lowest BCUT2D eigenvalue weighted by Crippen LogP contribution is -2.30. The highest BCUT2D eigenvalue weighted by Gasteiger charge is 2.41. The molecule has 0 atom stereocenters. The average molecular weight is 437 g/mol. The number of rotatable bonds is 1. The molecule has 2 aliphatic rings. The van der Waals surface area contributed by atoms with E-state index in [4.69, 9.17) is 4.42 Å². The van der Waals surface area contributed by atoms with Crippen molar-refractivity contribution in [1.82, 2.24) is 0 Å². The first-order chi connectivity index (χ1) is 16.7. The first-order valence-corrected chi connectivity index (χ1v) is 11.2. The van der Waals surface area contributed by atoms with Crippen LogP contribution in [0.2, 0.25) is 0 Å². The summed E-state index contributed by atoms with van der Waals surface area (Å²) in [7, 11) is 0. The molecule has 2 heterocycles. The van der Waals surface area contributed by atoms with E-state index in [1.165, 1.54) is 4.90 Å². The van der Waals surface area contributed by atoms with E-state index in [0.717, 1.165) is 49.4 Å². The van der Waals surface area contributed by atoms with Crippen molar-refractivity contribution < 1.29 is 14.0 Å². The predicted octanol–water partition coefficient (Wildman–Crippen LogP) is 7.19. The predicted molar refractivity (Wildman–Crippen MR) is 133 cm³/mol. The van der Waals surface area contributed by atoms with Gasteiger partial charge in [0.2, 0.25) is 0 Å². The molecule has 1 aliphatic carbocycles. The van der Waals surface area contributed by atoms with Crippen molar-refractivity contribution in [3.8, 4) is 22.3 Å². The maximum atomic E-state index is 13.7. The highest BCUT2D eigenvalue weighted by Crippen LogP contribution is 2.55. The summed E-state index contributed by atoms with van der Waals surface area (Å²) in [6.45, 7) is 0. The van der Waals surface area contributed by atoms with E-state index in [2.05, 4.69) is 30.3 Å². The standard InChI is InChI=1S/C30H15NO3/c32-29-18-9-1-2-10-19(18)30(33)31(29)28-26-21-13-6-8-16-7-5-12-17(25(16)21)22(26)15-24-27(28)20-11-3-4-14-23(20)34-24/h1-15H. The Morgan fingerprint density at radius 3 is 1.97 bits per heavy atom. The molecule has 0 saturated carbocycles. The molecule has 34 heavy (non-hydrogen) atoms. The molecule has 8 rings (SSSR count). The summed E-state index contributed by atoms with van der Waals surface area (Å²) in [6.07, 6.45) is 0. The van der Waals surface area contributed by atoms with Crippen molar-refractivity contribution in [2.75, 3.05) is 4.90 Å². The second-order valence-electron chi connectivity index (χ2n) is 8.82. The van der Waals surface area contributed by atoms with Crippen LogP contribution in [-0.4, -0.2) is 11.8 Å². The number of carbonyl (C=O) groups excluding carboxylic acids is 2. The minimum atomic E-state index is -0.302. The monoisotopic (exact) mass is 437 g/mol. The number of hydrogen-bond donors (Lipinski definition) is 0. The lowest BCUT2D eigenvalue weighted by molar-refractivity contribution is 0.0926. The lowest BCUT2D eigenvalue weighted by Gasteiger charge is -2.20. The van der Waals surface area contributed by atoms with Gasteiger partial charge in [0.25, 0.3) is 11.8 Å². The average Bonchev–Trinajstić information content (AvgIpc) is 3.49. The van der Waals surface area contributed by atoms with Gasteiger partial charge in [0, 0.05) is 10.9 Å². The largest absolute Gasteiger partial charge is 0.456 e. The van der Waals surface area contributed by atoms with Crippen LogP contribution in [0.1, 0.15) is 20.7 Å². The molecule has 4 nitrogen and oxygen atoms in total. The Morgan fingerprint density at radius 1 is 0.559 bits per heavy atom. The third kappa shape index (κ3) is 1.99. The quantitative estimate of drug-likeness (QED) is 0.256. The topological polar surface area (TPSA) is 50.5 Å². The summed E-state index contributed by atoms with van der Waals surface area (Å²) in [5.74, 6) is -0.604. The minimum Gasteiger partial charge on any atom is -0.456 e. The van der Waals surface area contributed by atoms with Gasteiger partial charge in [-0.1, -0.05) is 66.7 Å². The zero-order valence-corrected chi connectivity index (χ0v) is 17.8. The number of furan rings is 1. The van der Waals surface area contributed by atoms with E-state index in [-0.39, 0.29) is 11.8 Å². The van der Waals surface area contributed by atoms with Gasteiger partial charge in [-0.25, -0.2) is 4.90 Å². The molecule has 0 fully saturated rings. The molecule has 0 radical (unpaired) electrons. The van der Waals surface area contributed by atoms with Crippen LogP contribution in [0.3, 0.4) is 0 Å². The van der Waals surface area contributed by atoms with Crippen molar-refractivity contribution >= 4 is 50.2 Å². The summed E-state index contributed by atoms with van der Waals surface area (Å²) in [6, 6.07) is 29.3. The van der Waals surface area contributed by atoms with Gasteiger partial charge in [-0.15, -0.1) is 0 Å². The zero-order chi connectivity index (χ0) is 22.6. The Labute approximate surface area is 193 Å². The molecule has 6 aromatic rings. The third-order valence-corrected chi connectivity index (χ3v) is 7.12. The van der Waals surface area contributed by atoms with E-state index in [1.807, 2.05) is 36.4 Å². The highest BCUT2D eigenvalue weighted by atomic mass is 16.3. The Balaban J connectivity index is 1.58. The molecule has 0 spiro atoms. The van der Waals surface area contributed by atoms with Crippen LogP contribution in [0.5, 0.6) is 0 Å². The van der Waals surface area contributed by atoms with Crippen LogP contribution in [-0.2, 0) is 0 Å². The van der Waals surface area contributed by atoms with Crippen molar-refractivity contribution in [3.05, 3.63) is 102 Å². The molecule has 1 aromatic heterocycles. The lowest BCUT2D eigenvalue weighted by atomic mass is 9.97. The Morgan fingerprint density at radius 2 is 1.21 bits per heavy atom.